The predicted molar refractivity (Wildman–Crippen MR) is 74.5 cm³/mol. The molecule has 1 aromatic carbocycles. The monoisotopic (exact) mass is 275 g/mol. The lowest BCUT2D eigenvalue weighted by molar-refractivity contribution is 0.0764. The average Bonchev–Trinajstić information content (AvgIpc) is 2.44. The summed E-state index contributed by atoms with van der Waals surface area (Å²) in [6.07, 6.45) is 2.44. The Morgan fingerprint density at radius 3 is 2.84 bits per heavy atom. The number of Topliss-reactive ketones (excluding diaryl/α,β-unsaturated/α-hetero) is 1. The minimum atomic E-state index is -0.0662. The molecule has 3 nitrogen and oxygen atoms in total. The molecule has 0 N–H and O–H groups in total. The summed E-state index contributed by atoms with van der Waals surface area (Å²) in [5, 5.41) is 0.555. The van der Waals surface area contributed by atoms with Crippen LogP contribution in [-0.2, 0) is 11.2 Å². The molecule has 0 fully saturated rings. The second-order valence-electron chi connectivity index (χ2n) is 4.06. The normalized spacial score (nSPS) is 10.4. The van der Waals surface area contributed by atoms with Gasteiger partial charge in [-0.2, -0.15) is 0 Å². The molecule has 0 radical (unpaired) electrons. The maximum atomic E-state index is 11.8. The highest BCUT2D eigenvalue weighted by atomic mass is 35.5. The van der Waals surface area contributed by atoms with E-state index >= 15 is 0 Å². The van der Waals surface area contributed by atoms with Crippen molar-refractivity contribution >= 4 is 17.4 Å². The van der Waals surface area contributed by atoms with Gasteiger partial charge in [0.1, 0.15) is 6.61 Å². The molecular formula is C15H14ClNO2. The fourth-order valence-electron chi connectivity index (χ4n) is 1.63. The molecule has 19 heavy (non-hydrogen) atoms. The van der Waals surface area contributed by atoms with Crippen molar-refractivity contribution in [3.05, 3.63) is 64.9 Å². The SMILES string of the molecule is O=C(COCCc1ccccn1)c1cccc(Cl)c1. The lowest BCUT2D eigenvalue weighted by Crippen LogP contribution is -2.11. The number of aromatic nitrogens is 1. The van der Waals surface area contributed by atoms with Gasteiger partial charge in [-0.1, -0.05) is 29.8 Å². The van der Waals surface area contributed by atoms with Crippen LogP contribution >= 0.6 is 11.6 Å². The molecule has 1 aromatic heterocycles. The van der Waals surface area contributed by atoms with Gasteiger partial charge >= 0.3 is 0 Å². The zero-order valence-corrected chi connectivity index (χ0v) is 11.1. The van der Waals surface area contributed by atoms with Crippen molar-refractivity contribution in [2.24, 2.45) is 0 Å². The van der Waals surface area contributed by atoms with Crippen LogP contribution in [0.1, 0.15) is 16.1 Å². The minimum absolute atomic E-state index is 0.0627. The first-order chi connectivity index (χ1) is 9.25. The van der Waals surface area contributed by atoms with Gasteiger partial charge in [-0.15, -0.1) is 0 Å². The molecular weight excluding hydrogens is 262 g/mol. The third-order valence-electron chi connectivity index (χ3n) is 2.61. The molecule has 0 aliphatic carbocycles. The maximum Gasteiger partial charge on any atom is 0.188 e. The van der Waals surface area contributed by atoms with Crippen LogP contribution in [0.3, 0.4) is 0 Å². The summed E-state index contributed by atoms with van der Waals surface area (Å²) < 4.78 is 5.36. The molecule has 98 valence electrons. The third kappa shape index (κ3) is 4.47. The predicted octanol–water partition coefficient (Wildman–Crippen LogP) is 3.18. The zero-order chi connectivity index (χ0) is 13.5. The molecule has 0 amide bonds. The van der Waals surface area contributed by atoms with Gasteiger partial charge in [0.05, 0.1) is 6.61 Å². The first-order valence-electron chi connectivity index (χ1n) is 6.02. The molecule has 2 rings (SSSR count). The quantitative estimate of drug-likeness (QED) is 0.600. The lowest BCUT2D eigenvalue weighted by atomic mass is 10.1. The Bertz CT molecular complexity index is 543. The summed E-state index contributed by atoms with van der Waals surface area (Å²) in [5.41, 5.74) is 1.53. The topological polar surface area (TPSA) is 39.2 Å². The van der Waals surface area contributed by atoms with E-state index in [2.05, 4.69) is 4.98 Å². The second kappa shape index (κ2) is 7.02. The van der Waals surface area contributed by atoms with Crippen LogP contribution in [0.2, 0.25) is 5.02 Å². The smallest absolute Gasteiger partial charge is 0.188 e. The summed E-state index contributed by atoms with van der Waals surface area (Å²) >= 11 is 5.83. The van der Waals surface area contributed by atoms with Crippen molar-refractivity contribution in [2.75, 3.05) is 13.2 Å². The van der Waals surface area contributed by atoms with E-state index in [1.165, 1.54) is 0 Å². The summed E-state index contributed by atoms with van der Waals surface area (Å²) in [6.45, 7) is 0.538. The van der Waals surface area contributed by atoms with Crippen LogP contribution < -0.4 is 0 Å². The van der Waals surface area contributed by atoms with E-state index in [-0.39, 0.29) is 12.4 Å². The van der Waals surface area contributed by atoms with Crippen LogP contribution in [0.4, 0.5) is 0 Å². The van der Waals surface area contributed by atoms with Crippen LogP contribution in [0, 0.1) is 0 Å². The highest BCUT2D eigenvalue weighted by Gasteiger charge is 2.06. The number of benzene rings is 1. The number of carbonyl (C=O) groups excluding carboxylic acids is 1. The zero-order valence-electron chi connectivity index (χ0n) is 10.4. The highest BCUT2D eigenvalue weighted by Crippen LogP contribution is 2.11. The van der Waals surface area contributed by atoms with E-state index < -0.39 is 0 Å². The Morgan fingerprint density at radius 2 is 2.11 bits per heavy atom. The van der Waals surface area contributed by atoms with Crippen LogP contribution in [-0.4, -0.2) is 24.0 Å². The summed E-state index contributed by atoms with van der Waals surface area (Å²) in [4.78, 5) is 16.0. The number of pyridine rings is 1. The number of rotatable bonds is 6. The van der Waals surface area contributed by atoms with E-state index in [1.807, 2.05) is 18.2 Å². The maximum absolute atomic E-state index is 11.8. The largest absolute Gasteiger partial charge is 0.373 e. The van der Waals surface area contributed by atoms with Gasteiger partial charge in [-0.3, -0.25) is 9.78 Å². The Labute approximate surface area is 117 Å². The number of ketones is 1. The van der Waals surface area contributed by atoms with E-state index in [1.54, 1.807) is 30.5 Å². The van der Waals surface area contributed by atoms with Crippen molar-refractivity contribution in [3.8, 4) is 0 Å². The van der Waals surface area contributed by atoms with Gasteiger partial charge < -0.3 is 4.74 Å². The van der Waals surface area contributed by atoms with Gasteiger partial charge in [-0.25, -0.2) is 0 Å². The molecule has 0 spiro atoms. The summed E-state index contributed by atoms with van der Waals surface area (Å²) in [5.74, 6) is -0.0662. The second-order valence-corrected chi connectivity index (χ2v) is 4.49. The fraction of sp³-hybridized carbons (Fsp3) is 0.200. The van der Waals surface area contributed by atoms with Crippen LogP contribution in [0.5, 0.6) is 0 Å². The van der Waals surface area contributed by atoms with Crippen molar-refractivity contribution in [3.63, 3.8) is 0 Å². The third-order valence-corrected chi connectivity index (χ3v) is 2.84. The number of ether oxygens (including phenoxy) is 1. The fourth-order valence-corrected chi connectivity index (χ4v) is 1.82. The van der Waals surface area contributed by atoms with E-state index in [9.17, 15) is 4.79 Å². The van der Waals surface area contributed by atoms with E-state index in [0.717, 1.165) is 5.69 Å². The molecule has 0 saturated carbocycles. The Hall–Kier alpha value is -1.71. The number of hydrogen-bond donors (Lipinski definition) is 0. The molecule has 0 bridgehead atoms. The van der Waals surface area contributed by atoms with Crippen molar-refractivity contribution in [1.29, 1.82) is 0 Å². The average molecular weight is 276 g/mol. The van der Waals surface area contributed by atoms with Crippen LogP contribution in [0.15, 0.2) is 48.7 Å². The van der Waals surface area contributed by atoms with Crippen molar-refractivity contribution in [1.82, 2.24) is 4.98 Å². The van der Waals surface area contributed by atoms with Gasteiger partial charge in [0.25, 0.3) is 0 Å². The Morgan fingerprint density at radius 1 is 1.21 bits per heavy atom. The number of nitrogens with zero attached hydrogens (tertiary/aromatic N) is 1. The van der Waals surface area contributed by atoms with Crippen LogP contribution in [0.25, 0.3) is 0 Å². The summed E-state index contributed by atoms with van der Waals surface area (Å²) in [7, 11) is 0. The first-order valence-corrected chi connectivity index (χ1v) is 6.40. The van der Waals surface area contributed by atoms with Crippen molar-refractivity contribution in [2.45, 2.75) is 6.42 Å². The molecule has 0 aliphatic rings. The van der Waals surface area contributed by atoms with Gasteiger partial charge in [0, 0.05) is 28.9 Å². The first kappa shape index (κ1) is 13.7. The minimum Gasteiger partial charge on any atom is -0.373 e. The standard InChI is InChI=1S/C15H14ClNO2/c16-13-5-3-4-12(10-13)15(18)11-19-9-7-14-6-1-2-8-17-14/h1-6,8,10H,7,9,11H2. The molecule has 1 heterocycles. The van der Waals surface area contributed by atoms with Gasteiger partial charge in [0.2, 0.25) is 0 Å². The Balaban J connectivity index is 1.75. The van der Waals surface area contributed by atoms with E-state index in [4.69, 9.17) is 16.3 Å². The molecule has 2 aromatic rings. The van der Waals surface area contributed by atoms with Gasteiger partial charge in [-0.05, 0) is 24.3 Å². The molecule has 0 saturated heterocycles. The van der Waals surface area contributed by atoms with E-state index in [0.29, 0.717) is 23.6 Å². The highest BCUT2D eigenvalue weighted by molar-refractivity contribution is 6.31. The van der Waals surface area contributed by atoms with Gasteiger partial charge in [0.15, 0.2) is 5.78 Å². The molecule has 0 aliphatic heterocycles. The Kier molecular flexibility index (Phi) is 5.07. The number of carbonyl (C=O) groups is 1. The molecule has 4 heteroatoms. The molecule has 0 atom stereocenters. The number of halogens is 1. The lowest BCUT2D eigenvalue weighted by Gasteiger charge is -2.04. The molecule has 0 unspecified atom stereocenters. The van der Waals surface area contributed by atoms with Crippen molar-refractivity contribution < 1.29 is 9.53 Å². The number of hydrogen-bond acceptors (Lipinski definition) is 3. The summed E-state index contributed by atoms with van der Waals surface area (Å²) in [6, 6.07) is 12.6.